The molecule has 0 aromatic carbocycles. The third-order valence-corrected chi connectivity index (χ3v) is 2.27. The number of fused-ring (bicyclic) bond motifs is 1. The number of pyridine rings is 1. The van der Waals surface area contributed by atoms with Gasteiger partial charge in [-0.1, -0.05) is 11.6 Å². The molecule has 0 aliphatic carbocycles. The number of imidazole rings is 1. The molecule has 12 heavy (non-hydrogen) atoms. The molecule has 62 valence electrons. The Balaban J connectivity index is 2.73. The number of halogens is 1. The van der Waals surface area contributed by atoms with Crippen LogP contribution in [-0.4, -0.2) is 9.38 Å². The van der Waals surface area contributed by atoms with Crippen LogP contribution in [0.2, 0.25) is 5.02 Å². The summed E-state index contributed by atoms with van der Waals surface area (Å²) in [7, 11) is 0. The van der Waals surface area contributed by atoms with E-state index in [0.29, 0.717) is 10.8 Å². The lowest BCUT2D eigenvalue weighted by molar-refractivity contribution is 1.10. The van der Waals surface area contributed by atoms with Gasteiger partial charge in [-0.2, -0.15) is 12.6 Å². The highest BCUT2D eigenvalue weighted by Gasteiger charge is 2.00. The number of nitrogens with zero attached hydrogens (tertiary/aromatic N) is 2. The SMILES string of the molecule is SCc1cnc2cc(Cl)ccn12. The third-order valence-electron chi connectivity index (χ3n) is 1.71. The maximum absolute atomic E-state index is 5.80. The van der Waals surface area contributed by atoms with Gasteiger partial charge in [0.25, 0.3) is 0 Å². The van der Waals surface area contributed by atoms with Crippen LogP contribution >= 0.6 is 24.2 Å². The first-order valence-corrected chi connectivity index (χ1v) is 4.54. The van der Waals surface area contributed by atoms with Gasteiger partial charge in [-0.25, -0.2) is 4.98 Å². The Labute approximate surface area is 80.6 Å². The van der Waals surface area contributed by atoms with Crippen LogP contribution in [0.3, 0.4) is 0 Å². The average molecular weight is 199 g/mol. The number of hydrogen-bond acceptors (Lipinski definition) is 2. The first-order valence-electron chi connectivity index (χ1n) is 3.53. The molecular weight excluding hydrogens is 192 g/mol. The Kier molecular flexibility index (Phi) is 1.98. The summed E-state index contributed by atoms with van der Waals surface area (Å²) in [6.07, 6.45) is 3.70. The van der Waals surface area contributed by atoms with Crippen LogP contribution in [0.25, 0.3) is 5.65 Å². The molecule has 2 aromatic rings. The molecule has 2 rings (SSSR count). The lowest BCUT2D eigenvalue weighted by Crippen LogP contribution is -1.87. The van der Waals surface area contributed by atoms with Crippen LogP contribution in [0, 0.1) is 0 Å². The minimum absolute atomic E-state index is 0.683. The molecule has 0 saturated heterocycles. The van der Waals surface area contributed by atoms with E-state index < -0.39 is 0 Å². The van der Waals surface area contributed by atoms with E-state index in [1.165, 1.54) is 0 Å². The van der Waals surface area contributed by atoms with Crippen LogP contribution in [0.1, 0.15) is 5.69 Å². The van der Waals surface area contributed by atoms with Crippen molar-refractivity contribution < 1.29 is 0 Å². The van der Waals surface area contributed by atoms with Crippen molar-refractivity contribution in [1.29, 1.82) is 0 Å². The first kappa shape index (κ1) is 7.95. The molecule has 0 aliphatic rings. The van der Waals surface area contributed by atoms with E-state index >= 15 is 0 Å². The average Bonchev–Trinajstić information content (AvgIpc) is 2.46. The Morgan fingerprint density at radius 3 is 3.17 bits per heavy atom. The van der Waals surface area contributed by atoms with Gasteiger partial charge in [0.1, 0.15) is 5.65 Å². The van der Waals surface area contributed by atoms with Crippen molar-refractivity contribution in [2.45, 2.75) is 5.75 Å². The fourth-order valence-corrected chi connectivity index (χ4v) is 1.51. The molecular formula is C8H7ClN2S. The second kappa shape index (κ2) is 2.99. The normalized spacial score (nSPS) is 10.8. The molecule has 0 bridgehead atoms. The smallest absolute Gasteiger partial charge is 0.138 e. The van der Waals surface area contributed by atoms with Crippen molar-refractivity contribution in [3.63, 3.8) is 0 Å². The number of rotatable bonds is 1. The summed E-state index contributed by atoms with van der Waals surface area (Å²) in [4.78, 5) is 4.18. The third kappa shape index (κ3) is 1.19. The monoisotopic (exact) mass is 198 g/mol. The van der Waals surface area contributed by atoms with Crippen molar-refractivity contribution in [1.82, 2.24) is 9.38 Å². The fraction of sp³-hybridized carbons (Fsp3) is 0.125. The summed E-state index contributed by atoms with van der Waals surface area (Å²) < 4.78 is 1.97. The minimum atomic E-state index is 0.683. The van der Waals surface area contributed by atoms with Crippen molar-refractivity contribution >= 4 is 29.9 Å². The highest BCUT2D eigenvalue weighted by molar-refractivity contribution is 7.79. The second-order valence-electron chi connectivity index (χ2n) is 2.48. The number of hydrogen-bond donors (Lipinski definition) is 1. The molecule has 0 amide bonds. The van der Waals surface area contributed by atoms with Gasteiger partial charge in [0.15, 0.2) is 0 Å². The molecule has 0 aliphatic heterocycles. The van der Waals surface area contributed by atoms with Gasteiger partial charge in [0.05, 0.1) is 11.9 Å². The largest absolute Gasteiger partial charge is 0.303 e. The first-order chi connectivity index (χ1) is 5.81. The van der Waals surface area contributed by atoms with Gasteiger partial charge < -0.3 is 4.40 Å². The molecule has 0 radical (unpaired) electrons. The topological polar surface area (TPSA) is 17.3 Å². The maximum Gasteiger partial charge on any atom is 0.138 e. The zero-order chi connectivity index (χ0) is 8.55. The Bertz CT molecular complexity index is 410. The lowest BCUT2D eigenvalue weighted by Gasteiger charge is -1.96. The molecule has 0 saturated carbocycles. The second-order valence-corrected chi connectivity index (χ2v) is 3.23. The predicted molar refractivity (Wildman–Crippen MR) is 52.9 cm³/mol. The highest BCUT2D eigenvalue weighted by atomic mass is 35.5. The molecule has 0 fully saturated rings. The van der Waals surface area contributed by atoms with Gasteiger partial charge >= 0.3 is 0 Å². The van der Waals surface area contributed by atoms with Crippen molar-refractivity contribution in [3.05, 3.63) is 35.2 Å². The Morgan fingerprint density at radius 1 is 1.58 bits per heavy atom. The van der Waals surface area contributed by atoms with Crippen LogP contribution < -0.4 is 0 Å². The summed E-state index contributed by atoms with van der Waals surface area (Å²) in [6, 6.07) is 3.66. The highest BCUT2D eigenvalue weighted by Crippen LogP contribution is 2.13. The summed E-state index contributed by atoms with van der Waals surface area (Å²) in [5.74, 6) is 0.683. The van der Waals surface area contributed by atoms with Crippen molar-refractivity contribution in [2.75, 3.05) is 0 Å². The van der Waals surface area contributed by atoms with Crippen LogP contribution in [0.4, 0.5) is 0 Å². The van der Waals surface area contributed by atoms with Gasteiger partial charge in [0, 0.05) is 17.0 Å². The zero-order valence-electron chi connectivity index (χ0n) is 6.24. The Hall–Kier alpha value is -0.670. The molecule has 2 heterocycles. The minimum Gasteiger partial charge on any atom is -0.303 e. The molecule has 2 aromatic heterocycles. The van der Waals surface area contributed by atoms with E-state index in [1.807, 2.05) is 22.7 Å². The van der Waals surface area contributed by atoms with E-state index in [9.17, 15) is 0 Å². The molecule has 4 heteroatoms. The molecule has 0 N–H and O–H groups in total. The van der Waals surface area contributed by atoms with Crippen LogP contribution in [0.15, 0.2) is 24.5 Å². The van der Waals surface area contributed by atoms with Crippen molar-refractivity contribution in [2.24, 2.45) is 0 Å². The fourth-order valence-electron chi connectivity index (χ4n) is 1.13. The van der Waals surface area contributed by atoms with E-state index in [4.69, 9.17) is 11.6 Å². The van der Waals surface area contributed by atoms with E-state index in [1.54, 1.807) is 6.20 Å². The predicted octanol–water partition coefficient (Wildman–Crippen LogP) is 2.42. The number of thiol groups is 1. The van der Waals surface area contributed by atoms with Crippen LogP contribution in [0.5, 0.6) is 0 Å². The van der Waals surface area contributed by atoms with E-state index in [2.05, 4.69) is 17.6 Å². The molecule has 0 spiro atoms. The molecule has 2 nitrogen and oxygen atoms in total. The molecule has 0 atom stereocenters. The van der Waals surface area contributed by atoms with Crippen molar-refractivity contribution in [3.8, 4) is 0 Å². The Morgan fingerprint density at radius 2 is 2.42 bits per heavy atom. The quantitative estimate of drug-likeness (QED) is 0.697. The summed E-state index contributed by atoms with van der Waals surface area (Å²) in [5, 5.41) is 0.707. The summed E-state index contributed by atoms with van der Waals surface area (Å²) in [6.45, 7) is 0. The van der Waals surface area contributed by atoms with Crippen LogP contribution in [-0.2, 0) is 5.75 Å². The van der Waals surface area contributed by atoms with E-state index in [0.717, 1.165) is 11.3 Å². The summed E-state index contributed by atoms with van der Waals surface area (Å²) >= 11 is 9.98. The lowest BCUT2D eigenvalue weighted by atomic mass is 10.4. The zero-order valence-corrected chi connectivity index (χ0v) is 7.89. The standard InChI is InChI=1S/C8H7ClN2S/c9-6-1-2-11-7(5-12)4-10-8(11)3-6/h1-4,12H,5H2. The van der Waals surface area contributed by atoms with Gasteiger partial charge in [0.2, 0.25) is 0 Å². The molecule has 0 unspecified atom stereocenters. The summed E-state index contributed by atoms with van der Waals surface area (Å²) in [5.41, 5.74) is 1.94. The number of aromatic nitrogens is 2. The maximum atomic E-state index is 5.80. The van der Waals surface area contributed by atoms with E-state index in [-0.39, 0.29) is 0 Å². The van der Waals surface area contributed by atoms with Gasteiger partial charge in [-0.05, 0) is 12.1 Å². The van der Waals surface area contributed by atoms with Gasteiger partial charge in [-0.3, -0.25) is 0 Å². The van der Waals surface area contributed by atoms with Gasteiger partial charge in [-0.15, -0.1) is 0 Å².